The van der Waals surface area contributed by atoms with E-state index < -0.39 is 0 Å². The number of aryl methyl sites for hydroxylation is 2. The van der Waals surface area contributed by atoms with Crippen LogP contribution in [0.3, 0.4) is 0 Å². The Morgan fingerprint density at radius 3 is 2.16 bits per heavy atom. The minimum Gasteiger partial charge on any atom is -0.512 e. The van der Waals surface area contributed by atoms with E-state index in [2.05, 4.69) is 79.5 Å². The normalized spacial score (nSPS) is 10.9. The van der Waals surface area contributed by atoms with Gasteiger partial charge in [-0.2, -0.15) is 0 Å². The summed E-state index contributed by atoms with van der Waals surface area (Å²) in [6.07, 6.45) is 2.96. The molecule has 0 amide bonds. The number of furan rings is 1. The van der Waals surface area contributed by atoms with E-state index in [-0.39, 0.29) is 31.6 Å². The third-order valence-corrected chi connectivity index (χ3v) is 5.74. The molecule has 5 heteroatoms. The molecule has 1 N–H and O–H groups in total. The number of pyridine rings is 1. The topological polar surface area (TPSA) is 63.3 Å². The molecule has 0 spiro atoms. The summed E-state index contributed by atoms with van der Waals surface area (Å²) in [5.74, 6) is 0.788. The fourth-order valence-corrected chi connectivity index (χ4v) is 4.15. The Kier molecular flexibility index (Phi) is 9.35. The molecule has 2 aromatic heterocycles. The van der Waals surface area contributed by atoms with Crippen LogP contribution in [0.4, 0.5) is 0 Å². The van der Waals surface area contributed by atoms with Gasteiger partial charge < -0.3 is 14.5 Å². The van der Waals surface area contributed by atoms with Gasteiger partial charge in [-0.1, -0.05) is 48.5 Å². The maximum atomic E-state index is 10.0. The Bertz CT molecular complexity index is 1510. The van der Waals surface area contributed by atoms with Gasteiger partial charge in [0, 0.05) is 37.1 Å². The Morgan fingerprint density at radius 2 is 1.59 bits per heavy atom. The zero-order chi connectivity index (χ0) is 25.7. The fourth-order valence-electron chi connectivity index (χ4n) is 4.15. The second-order valence-corrected chi connectivity index (χ2v) is 8.73. The van der Waals surface area contributed by atoms with E-state index in [4.69, 9.17) is 9.52 Å². The molecule has 0 atom stereocenters. The van der Waals surface area contributed by atoms with Gasteiger partial charge in [0.2, 0.25) is 0 Å². The van der Waals surface area contributed by atoms with E-state index >= 15 is 0 Å². The van der Waals surface area contributed by atoms with Gasteiger partial charge in [-0.05, 0) is 61.7 Å². The molecule has 0 saturated carbocycles. The third-order valence-electron chi connectivity index (χ3n) is 5.74. The average molecular weight is 667 g/mol. The summed E-state index contributed by atoms with van der Waals surface area (Å²) in [5, 5.41) is 9.41. The molecule has 0 aliphatic heterocycles. The number of fused-ring (bicyclic) bond motifs is 1. The molecular formula is C32H28IrNO3-. The number of ketones is 1. The number of rotatable bonds is 4. The van der Waals surface area contributed by atoms with E-state index in [1.165, 1.54) is 42.2 Å². The van der Waals surface area contributed by atoms with Crippen LogP contribution >= 0.6 is 0 Å². The number of aliphatic hydroxyl groups is 1. The molecule has 0 saturated heterocycles. The van der Waals surface area contributed by atoms with Crippen molar-refractivity contribution in [2.75, 3.05) is 0 Å². The smallest absolute Gasteiger partial charge is 0.155 e. The van der Waals surface area contributed by atoms with Crippen molar-refractivity contribution in [3.63, 3.8) is 0 Å². The molecule has 37 heavy (non-hydrogen) atoms. The Balaban J connectivity index is 0.000000422. The zero-order valence-electron chi connectivity index (χ0n) is 21.2. The summed E-state index contributed by atoms with van der Waals surface area (Å²) >= 11 is 0. The SMILES string of the molecule is CC(=O)/C=C(/C)O.Cc1cccc(C)c1-c1ccc(-c2cc3cc(-c4[c-]cccc4)ncc3o2)cc1.[Ir]. The maximum Gasteiger partial charge on any atom is 0.155 e. The molecule has 189 valence electrons. The van der Waals surface area contributed by atoms with Crippen molar-refractivity contribution < 1.29 is 34.4 Å². The van der Waals surface area contributed by atoms with Crippen molar-refractivity contribution in [2.24, 2.45) is 0 Å². The van der Waals surface area contributed by atoms with E-state index in [1.54, 1.807) is 6.20 Å². The first kappa shape index (κ1) is 27.8. The molecule has 2 heterocycles. The van der Waals surface area contributed by atoms with Gasteiger partial charge >= 0.3 is 0 Å². The van der Waals surface area contributed by atoms with E-state index in [9.17, 15) is 4.79 Å². The molecule has 0 fully saturated rings. The van der Waals surface area contributed by atoms with E-state index in [0.717, 1.165) is 33.6 Å². The number of benzene rings is 3. The van der Waals surface area contributed by atoms with Gasteiger partial charge in [-0.15, -0.1) is 35.9 Å². The van der Waals surface area contributed by atoms with Gasteiger partial charge in [-0.3, -0.25) is 4.79 Å². The standard InChI is InChI=1S/C27H20NO.C5H8O2.Ir/c1-18-7-6-8-19(2)27(18)22-13-11-21(12-14-22)25-16-23-15-24(28-17-26(23)29-25)20-9-4-3-5-10-20;1-4(6)3-5(2)7;/h3-9,11-17H,1-2H3;3,6H,1-2H3;/q-1;;/b;4-3-;. The molecule has 0 bridgehead atoms. The fraction of sp³-hybridized carbons (Fsp3) is 0.125. The molecule has 0 aliphatic rings. The Labute approximate surface area is 231 Å². The minimum absolute atomic E-state index is 0. The molecule has 1 radical (unpaired) electrons. The first-order valence-electron chi connectivity index (χ1n) is 11.7. The Morgan fingerprint density at radius 1 is 0.919 bits per heavy atom. The van der Waals surface area contributed by atoms with Crippen molar-refractivity contribution >= 4 is 16.8 Å². The van der Waals surface area contributed by atoms with Gasteiger partial charge in [-0.25, -0.2) is 0 Å². The monoisotopic (exact) mass is 667 g/mol. The first-order chi connectivity index (χ1) is 17.3. The van der Waals surface area contributed by atoms with Crippen LogP contribution in [-0.4, -0.2) is 15.9 Å². The molecule has 0 unspecified atom stereocenters. The number of aromatic nitrogens is 1. The van der Waals surface area contributed by atoms with Crippen LogP contribution in [-0.2, 0) is 24.9 Å². The number of aliphatic hydroxyl groups excluding tert-OH is 1. The van der Waals surface area contributed by atoms with Gasteiger partial charge in [0.05, 0.1) is 12.0 Å². The van der Waals surface area contributed by atoms with Crippen LogP contribution in [0.15, 0.2) is 101 Å². The number of nitrogens with zero attached hydrogens (tertiary/aromatic N) is 1. The Hall–Kier alpha value is -3.79. The summed E-state index contributed by atoms with van der Waals surface area (Å²) in [6.45, 7) is 7.16. The van der Waals surface area contributed by atoms with Crippen LogP contribution in [0, 0.1) is 19.9 Å². The minimum atomic E-state index is -0.125. The molecule has 3 aromatic carbocycles. The largest absolute Gasteiger partial charge is 0.512 e. The summed E-state index contributed by atoms with van der Waals surface area (Å²) in [5.41, 5.74) is 8.84. The summed E-state index contributed by atoms with van der Waals surface area (Å²) in [4.78, 5) is 14.6. The zero-order valence-corrected chi connectivity index (χ0v) is 23.6. The summed E-state index contributed by atoms with van der Waals surface area (Å²) < 4.78 is 6.07. The van der Waals surface area contributed by atoms with Crippen molar-refractivity contribution in [3.05, 3.63) is 114 Å². The summed E-state index contributed by atoms with van der Waals surface area (Å²) in [7, 11) is 0. The first-order valence-corrected chi connectivity index (χ1v) is 11.7. The average Bonchev–Trinajstić information content (AvgIpc) is 3.28. The molecule has 0 aliphatic carbocycles. The molecular weight excluding hydrogens is 639 g/mol. The van der Waals surface area contributed by atoms with Crippen molar-refractivity contribution in [1.82, 2.24) is 4.98 Å². The predicted molar refractivity (Wildman–Crippen MR) is 146 cm³/mol. The number of carbonyl (C=O) groups excluding carboxylic acids is 1. The second kappa shape index (κ2) is 12.4. The predicted octanol–water partition coefficient (Wildman–Crippen LogP) is 8.28. The number of carbonyl (C=O) groups is 1. The van der Waals surface area contributed by atoms with Crippen LogP contribution in [0.25, 0.3) is 44.7 Å². The third kappa shape index (κ3) is 6.91. The van der Waals surface area contributed by atoms with Crippen molar-refractivity contribution in [3.8, 4) is 33.7 Å². The molecule has 5 rings (SSSR count). The summed E-state index contributed by atoms with van der Waals surface area (Å²) in [6, 6.07) is 30.2. The molecule has 4 nitrogen and oxygen atoms in total. The second-order valence-electron chi connectivity index (χ2n) is 8.73. The van der Waals surface area contributed by atoms with Gasteiger partial charge in [0.25, 0.3) is 0 Å². The van der Waals surface area contributed by atoms with Gasteiger partial charge in [0.1, 0.15) is 5.76 Å². The molecule has 5 aromatic rings. The van der Waals surface area contributed by atoms with Crippen LogP contribution in [0.5, 0.6) is 0 Å². The van der Waals surface area contributed by atoms with Crippen LogP contribution < -0.4 is 0 Å². The van der Waals surface area contributed by atoms with E-state index in [1.807, 2.05) is 24.3 Å². The van der Waals surface area contributed by atoms with Crippen molar-refractivity contribution in [1.29, 1.82) is 0 Å². The quantitative estimate of drug-likeness (QED) is 0.119. The van der Waals surface area contributed by atoms with Gasteiger partial charge in [0.15, 0.2) is 11.4 Å². The maximum absolute atomic E-state index is 10.0. The van der Waals surface area contributed by atoms with Crippen LogP contribution in [0.1, 0.15) is 25.0 Å². The van der Waals surface area contributed by atoms with Crippen molar-refractivity contribution in [2.45, 2.75) is 27.7 Å². The number of hydrogen-bond donors (Lipinski definition) is 1. The number of allylic oxidation sites excluding steroid dienone is 2. The number of hydrogen-bond acceptors (Lipinski definition) is 4. The van der Waals surface area contributed by atoms with Crippen LogP contribution in [0.2, 0.25) is 0 Å². The van der Waals surface area contributed by atoms with E-state index in [0.29, 0.717) is 0 Å².